The van der Waals surface area contributed by atoms with Gasteiger partial charge in [-0.2, -0.15) is 5.10 Å². The average molecular weight is 344 g/mol. The lowest BCUT2D eigenvalue weighted by atomic mass is 10.00. The Bertz CT molecular complexity index is 912. The third-order valence-electron chi connectivity index (χ3n) is 4.24. The highest BCUT2D eigenvalue weighted by Crippen LogP contribution is 2.27. The topological polar surface area (TPSA) is 120 Å². The molecule has 0 spiro atoms. The Morgan fingerprint density at radius 3 is 2.64 bits per heavy atom. The second-order valence-corrected chi connectivity index (χ2v) is 6.00. The predicted molar refractivity (Wildman–Crippen MR) is 93.0 cm³/mol. The summed E-state index contributed by atoms with van der Waals surface area (Å²) in [4.78, 5) is 26.4. The zero-order chi connectivity index (χ0) is 18.0. The zero-order valence-electron chi connectivity index (χ0n) is 13.8. The van der Waals surface area contributed by atoms with Gasteiger partial charge in [0.05, 0.1) is 11.8 Å². The summed E-state index contributed by atoms with van der Waals surface area (Å²) in [6.45, 7) is 2.30. The van der Waals surface area contributed by atoms with Crippen molar-refractivity contribution in [1.29, 1.82) is 0 Å². The summed E-state index contributed by atoms with van der Waals surface area (Å²) in [5.41, 5.74) is 2.96. The second kappa shape index (κ2) is 6.84. The lowest BCUT2D eigenvalue weighted by Gasteiger charge is -2.12. The van der Waals surface area contributed by atoms with Crippen molar-refractivity contribution in [1.82, 2.24) is 15.0 Å². The van der Waals surface area contributed by atoms with E-state index in [4.69, 9.17) is 0 Å². The third kappa shape index (κ3) is 3.28. The maximum atomic E-state index is 12.2. The molecule has 8 nitrogen and oxygen atoms in total. The number of phenolic OH excluding ortho intramolecular Hbond substituents is 1. The van der Waals surface area contributed by atoms with Crippen LogP contribution in [0.4, 0.5) is 0 Å². The van der Waals surface area contributed by atoms with Crippen molar-refractivity contribution in [3.05, 3.63) is 56.2 Å². The first-order valence-electron chi connectivity index (χ1n) is 8.18. The average Bonchev–Trinajstić information content (AvgIpc) is 3.04. The number of hydrogen-bond donors (Lipinski definition) is 4. The van der Waals surface area contributed by atoms with E-state index in [-0.39, 0.29) is 23.2 Å². The van der Waals surface area contributed by atoms with Crippen molar-refractivity contribution in [2.75, 3.05) is 0 Å². The molecule has 1 aliphatic heterocycles. The highest BCUT2D eigenvalue weighted by molar-refractivity contribution is 6.03. The highest BCUT2D eigenvalue weighted by atomic mass is 16.3. The number of benzene rings is 1. The molecular weight excluding hydrogens is 324 g/mol. The molecule has 25 heavy (non-hydrogen) atoms. The van der Waals surface area contributed by atoms with Crippen LogP contribution in [0.3, 0.4) is 0 Å². The monoisotopic (exact) mass is 344 g/mol. The van der Waals surface area contributed by atoms with Gasteiger partial charge >= 0.3 is 5.69 Å². The number of aromatic nitrogens is 2. The first kappa shape index (κ1) is 16.8. The fourth-order valence-electron chi connectivity index (χ4n) is 2.84. The minimum absolute atomic E-state index is 0.0180. The molecule has 0 saturated carbocycles. The summed E-state index contributed by atoms with van der Waals surface area (Å²) < 4.78 is 1.16. The SMILES string of the molecule is CCCCn1c(O)c(C2=NN[C@@H](c3ccc(O)cc3)C2)c(=O)[nH]c1=O. The van der Waals surface area contributed by atoms with Gasteiger partial charge in [0, 0.05) is 13.0 Å². The molecule has 0 radical (unpaired) electrons. The molecule has 0 fully saturated rings. The summed E-state index contributed by atoms with van der Waals surface area (Å²) in [5.74, 6) is -0.186. The van der Waals surface area contributed by atoms with Gasteiger partial charge in [-0.05, 0) is 24.1 Å². The van der Waals surface area contributed by atoms with Crippen LogP contribution in [0.2, 0.25) is 0 Å². The second-order valence-electron chi connectivity index (χ2n) is 6.00. The molecule has 8 heteroatoms. The van der Waals surface area contributed by atoms with E-state index in [1.165, 1.54) is 0 Å². The molecule has 1 aromatic carbocycles. The largest absolute Gasteiger partial charge is 0.508 e. The van der Waals surface area contributed by atoms with Gasteiger partial charge < -0.3 is 15.6 Å². The van der Waals surface area contributed by atoms with Gasteiger partial charge in [0.1, 0.15) is 11.3 Å². The molecule has 0 amide bonds. The summed E-state index contributed by atoms with van der Waals surface area (Å²) in [6.07, 6.45) is 1.94. The standard InChI is InChI=1S/C17H20N4O4/c1-2-3-8-21-16(24)14(15(23)18-17(21)25)13-9-12(19-20-13)10-4-6-11(22)7-5-10/h4-7,12,19,22,24H,2-3,8-9H2,1H3,(H,18,23,25)/t12-/m1/s1. The van der Waals surface area contributed by atoms with Crippen molar-refractivity contribution in [3.63, 3.8) is 0 Å². The van der Waals surface area contributed by atoms with Crippen LogP contribution in [0, 0.1) is 0 Å². The first-order chi connectivity index (χ1) is 12.0. The number of unbranched alkanes of at least 4 members (excludes halogenated alkanes) is 1. The van der Waals surface area contributed by atoms with Crippen LogP contribution in [0.25, 0.3) is 0 Å². The van der Waals surface area contributed by atoms with Crippen molar-refractivity contribution in [2.24, 2.45) is 5.10 Å². The van der Waals surface area contributed by atoms with Crippen LogP contribution in [-0.2, 0) is 6.54 Å². The molecule has 2 heterocycles. The summed E-state index contributed by atoms with van der Waals surface area (Å²) in [7, 11) is 0. The number of nitrogens with one attached hydrogen (secondary N) is 2. The molecule has 0 unspecified atom stereocenters. The number of rotatable bonds is 5. The number of nitrogens with zero attached hydrogens (tertiary/aromatic N) is 2. The van der Waals surface area contributed by atoms with E-state index in [0.29, 0.717) is 25.1 Å². The van der Waals surface area contributed by atoms with Gasteiger partial charge in [-0.3, -0.25) is 14.3 Å². The highest BCUT2D eigenvalue weighted by Gasteiger charge is 2.27. The Balaban J connectivity index is 1.91. The minimum atomic E-state index is -0.651. The minimum Gasteiger partial charge on any atom is -0.508 e. The molecule has 0 saturated heterocycles. The van der Waals surface area contributed by atoms with Crippen molar-refractivity contribution in [3.8, 4) is 11.6 Å². The van der Waals surface area contributed by atoms with Gasteiger partial charge in [0.25, 0.3) is 5.56 Å². The van der Waals surface area contributed by atoms with Crippen molar-refractivity contribution >= 4 is 5.71 Å². The van der Waals surface area contributed by atoms with Gasteiger partial charge in [0.15, 0.2) is 0 Å². The molecule has 1 aromatic heterocycles. The number of H-pyrrole nitrogens is 1. The van der Waals surface area contributed by atoms with E-state index in [2.05, 4.69) is 15.5 Å². The van der Waals surface area contributed by atoms with Crippen LogP contribution < -0.4 is 16.7 Å². The number of aromatic amines is 1. The quantitative estimate of drug-likeness (QED) is 0.649. The number of aromatic hydroxyl groups is 2. The first-order valence-corrected chi connectivity index (χ1v) is 8.18. The van der Waals surface area contributed by atoms with Crippen LogP contribution in [-0.4, -0.2) is 25.5 Å². The Morgan fingerprint density at radius 2 is 1.96 bits per heavy atom. The van der Waals surface area contributed by atoms with Crippen molar-refractivity contribution < 1.29 is 10.2 Å². The normalized spacial score (nSPS) is 16.5. The fraction of sp³-hybridized carbons (Fsp3) is 0.353. The van der Waals surface area contributed by atoms with E-state index >= 15 is 0 Å². The fourth-order valence-corrected chi connectivity index (χ4v) is 2.84. The Morgan fingerprint density at radius 1 is 1.24 bits per heavy atom. The van der Waals surface area contributed by atoms with Crippen LogP contribution in [0.5, 0.6) is 11.6 Å². The smallest absolute Gasteiger partial charge is 0.331 e. The third-order valence-corrected chi connectivity index (χ3v) is 4.24. The molecule has 1 atom stereocenters. The molecule has 132 valence electrons. The number of phenols is 1. The van der Waals surface area contributed by atoms with Crippen LogP contribution in [0.1, 0.15) is 43.4 Å². The Kier molecular flexibility index (Phi) is 4.60. The molecule has 4 N–H and O–H groups in total. The maximum Gasteiger partial charge on any atom is 0.331 e. The predicted octanol–water partition coefficient (Wildman–Crippen LogP) is 1.19. The van der Waals surface area contributed by atoms with E-state index in [9.17, 15) is 19.8 Å². The Hall–Kier alpha value is -3.03. The summed E-state index contributed by atoms with van der Waals surface area (Å²) >= 11 is 0. The molecule has 1 aliphatic rings. The van der Waals surface area contributed by atoms with E-state index in [0.717, 1.165) is 16.6 Å². The molecule has 0 aliphatic carbocycles. The number of hydrogen-bond acceptors (Lipinski definition) is 6. The van der Waals surface area contributed by atoms with Crippen molar-refractivity contribution in [2.45, 2.75) is 38.8 Å². The van der Waals surface area contributed by atoms with Crippen LogP contribution in [0.15, 0.2) is 39.0 Å². The van der Waals surface area contributed by atoms with Gasteiger partial charge in [0.2, 0.25) is 5.88 Å². The molecule has 0 bridgehead atoms. The van der Waals surface area contributed by atoms with E-state index in [1.54, 1.807) is 24.3 Å². The summed E-state index contributed by atoms with van der Waals surface area (Å²) in [5, 5.41) is 24.0. The van der Waals surface area contributed by atoms with Gasteiger partial charge in [-0.1, -0.05) is 25.5 Å². The molecule has 2 aromatic rings. The van der Waals surface area contributed by atoms with Gasteiger partial charge in [-0.15, -0.1) is 0 Å². The van der Waals surface area contributed by atoms with Crippen LogP contribution >= 0.6 is 0 Å². The van der Waals surface area contributed by atoms with Gasteiger partial charge in [-0.25, -0.2) is 4.79 Å². The maximum absolute atomic E-state index is 12.2. The van der Waals surface area contributed by atoms with E-state index < -0.39 is 11.2 Å². The zero-order valence-corrected chi connectivity index (χ0v) is 13.8. The summed E-state index contributed by atoms with van der Waals surface area (Å²) in [6, 6.07) is 6.49. The lowest BCUT2D eigenvalue weighted by molar-refractivity contribution is 0.394. The van der Waals surface area contributed by atoms with E-state index in [1.807, 2.05) is 6.92 Å². The lowest BCUT2D eigenvalue weighted by Crippen LogP contribution is -2.33. The molecular formula is C17H20N4O4. The Labute approximate surface area is 143 Å². The molecule has 3 rings (SSSR count). The number of hydrazone groups is 1.